The Morgan fingerprint density at radius 2 is 1.88 bits per heavy atom. The number of fused-ring (bicyclic) bond motifs is 1. The molecule has 88 valence electrons. The van der Waals surface area contributed by atoms with Gasteiger partial charge in [-0.2, -0.15) is 0 Å². The van der Waals surface area contributed by atoms with Crippen molar-refractivity contribution in [2.24, 2.45) is 0 Å². The van der Waals surface area contributed by atoms with Crippen LogP contribution >= 0.6 is 15.9 Å². The summed E-state index contributed by atoms with van der Waals surface area (Å²) in [6.07, 6.45) is 0.861. The average Bonchev–Trinajstić information content (AvgIpc) is 2.39. The predicted octanol–water partition coefficient (Wildman–Crippen LogP) is 2.89. The summed E-state index contributed by atoms with van der Waals surface area (Å²) in [5, 5.41) is 5.74. The number of halogens is 1. The lowest BCUT2D eigenvalue weighted by molar-refractivity contribution is -0.118. The molecule has 0 aromatic heterocycles. The Labute approximate surface area is 109 Å². The third kappa shape index (κ3) is 3.07. The van der Waals surface area contributed by atoms with E-state index in [2.05, 4.69) is 51.6 Å². The van der Waals surface area contributed by atoms with Gasteiger partial charge >= 0.3 is 0 Å². The van der Waals surface area contributed by atoms with Crippen LogP contribution < -0.4 is 5.32 Å². The van der Waals surface area contributed by atoms with E-state index in [1.807, 2.05) is 12.1 Å². The number of carbonyl (C=O) groups is 1. The molecule has 0 bridgehead atoms. The first-order chi connectivity index (χ1) is 8.31. The van der Waals surface area contributed by atoms with E-state index in [4.69, 9.17) is 0 Å². The number of nitrogens with one attached hydrogen (secondary N) is 1. The zero-order chi connectivity index (χ0) is 12.1. The fraction of sp³-hybridized carbons (Fsp3) is 0.214. The summed E-state index contributed by atoms with van der Waals surface area (Å²) in [7, 11) is 0. The molecule has 0 aliphatic carbocycles. The monoisotopic (exact) mass is 291 g/mol. The fourth-order valence-electron chi connectivity index (χ4n) is 1.89. The zero-order valence-corrected chi connectivity index (χ0v) is 11.0. The third-order valence-electron chi connectivity index (χ3n) is 2.72. The number of hydrogen-bond acceptors (Lipinski definition) is 1. The summed E-state index contributed by atoms with van der Waals surface area (Å²) in [4.78, 5) is 11.1. The van der Waals surface area contributed by atoms with Crippen molar-refractivity contribution in [1.82, 2.24) is 5.32 Å². The number of hydrogen-bond donors (Lipinski definition) is 1. The molecule has 0 heterocycles. The molecule has 1 amide bonds. The summed E-state index contributed by atoms with van der Waals surface area (Å²) < 4.78 is 0. The van der Waals surface area contributed by atoms with Crippen LogP contribution in [0.5, 0.6) is 0 Å². The molecular weight excluding hydrogens is 278 g/mol. The van der Waals surface area contributed by atoms with Gasteiger partial charge in [0.1, 0.15) is 0 Å². The maximum atomic E-state index is 11.1. The Morgan fingerprint density at radius 1 is 1.12 bits per heavy atom. The molecular formula is C14H14BrNO. The van der Waals surface area contributed by atoms with Crippen molar-refractivity contribution in [2.45, 2.75) is 6.42 Å². The summed E-state index contributed by atoms with van der Waals surface area (Å²) >= 11 is 3.13. The molecule has 0 fully saturated rings. The minimum atomic E-state index is 0.0326. The van der Waals surface area contributed by atoms with E-state index in [9.17, 15) is 4.79 Å². The topological polar surface area (TPSA) is 29.1 Å². The van der Waals surface area contributed by atoms with E-state index in [0.29, 0.717) is 11.9 Å². The van der Waals surface area contributed by atoms with Gasteiger partial charge in [0.05, 0.1) is 5.33 Å². The number of alkyl halides is 1. The highest BCUT2D eigenvalue weighted by atomic mass is 79.9. The Morgan fingerprint density at radius 3 is 2.71 bits per heavy atom. The normalized spacial score (nSPS) is 10.4. The molecule has 1 N–H and O–H groups in total. The first-order valence-corrected chi connectivity index (χ1v) is 6.72. The SMILES string of the molecule is O=C(CBr)NCCc1cccc2ccccc12. The molecule has 17 heavy (non-hydrogen) atoms. The van der Waals surface area contributed by atoms with Crippen LogP contribution in [0.1, 0.15) is 5.56 Å². The van der Waals surface area contributed by atoms with Crippen LogP contribution in [0.4, 0.5) is 0 Å². The van der Waals surface area contributed by atoms with Crippen molar-refractivity contribution in [2.75, 3.05) is 11.9 Å². The van der Waals surface area contributed by atoms with Gasteiger partial charge in [-0.25, -0.2) is 0 Å². The second-order valence-electron chi connectivity index (χ2n) is 3.87. The van der Waals surface area contributed by atoms with Crippen LogP contribution in [-0.2, 0) is 11.2 Å². The van der Waals surface area contributed by atoms with Crippen molar-refractivity contribution in [3.63, 3.8) is 0 Å². The molecule has 2 aromatic carbocycles. The Balaban J connectivity index is 2.11. The quantitative estimate of drug-likeness (QED) is 0.863. The van der Waals surface area contributed by atoms with Crippen molar-refractivity contribution in [3.8, 4) is 0 Å². The molecule has 3 heteroatoms. The predicted molar refractivity (Wildman–Crippen MR) is 74.5 cm³/mol. The molecule has 0 saturated carbocycles. The number of carbonyl (C=O) groups excluding carboxylic acids is 1. The van der Waals surface area contributed by atoms with Crippen molar-refractivity contribution in [3.05, 3.63) is 48.0 Å². The lowest BCUT2D eigenvalue weighted by atomic mass is 10.0. The van der Waals surface area contributed by atoms with E-state index in [0.717, 1.165) is 6.42 Å². The van der Waals surface area contributed by atoms with E-state index in [-0.39, 0.29) is 5.91 Å². The molecule has 2 rings (SSSR count). The van der Waals surface area contributed by atoms with Gasteiger partial charge in [-0.1, -0.05) is 58.4 Å². The minimum absolute atomic E-state index is 0.0326. The third-order valence-corrected chi connectivity index (χ3v) is 3.23. The van der Waals surface area contributed by atoms with Gasteiger partial charge in [-0.15, -0.1) is 0 Å². The minimum Gasteiger partial charge on any atom is -0.355 e. The number of amides is 1. The van der Waals surface area contributed by atoms with E-state index in [1.54, 1.807) is 0 Å². The maximum Gasteiger partial charge on any atom is 0.230 e. The maximum absolute atomic E-state index is 11.1. The number of rotatable bonds is 4. The smallest absolute Gasteiger partial charge is 0.230 e. The van der Waals surface area contributed by atoms with Crippen molar-refractivity contribution >= 4 is 32.6 Å². The first kappa shape index (κ1) is 12.1. The highest BCUT2D eigenvalue weighted by molar-refractivity contribution is 9.09. The molecule has 2 aromatic rings. The summed E-state index contributed by atoms with van der Waals surface area (Å²) in [5.41, 5.74) is 1.28. The molecule has 0 unspecified atom stereocenters. The van der Waals surface area contributed by atoms with Crippen molar-refractivity contribution in [1.29, 1.82) is 0 Å². The van der Waals surface area contributed by atoms with Crippen molar-refractivity contribution < 1.29 is 4.79 Å². The molecule has 0 aliphatic heterocycles. The lowest BCUT2D eigenvalue weighted by Gasteiger charge is -2.07. The van der Waals surface area contributed by atoms with Gasteiger partial charge < -0.3 is 5.32 Å². The van der Waals surface area contributed by atoms with Crippen LogP contribution in [0, 0.1) is 0 Å². The Hall–Kier alpha value is -1.35. The lowest BCUT2D eigenvalue weighted by Crippen LogP contribution is -2.26. The Bertz CT molecular complexity index is 519. The second kappa shape index (κ2) is 5.82. The first-order valence-electron chi connectivity index (χ1n) is 5.60. The van der Waals surface area contributed by atoms with E-state index >= 15 is 0 Å². The second-order valence-corrected chi connectivity index (χ2v) is 4.43. The van der Waals surface area contributed by atoms with E-state index in [1.165, 1.54) is 16.3 Å². The fourth-order valence-corrected chi connectivity index (χ4v) is 2.09. The van der Waals surface area contributed by atoms with Crippen LogP contribution in [0.2, 0.25) is 0 Å². The molecule has 0 saturated heterocycles. The van der Waals surface area contributed by atoms with Crippen LogP contribution in [0.3, 0.4) is 0 Å². The zero-order valence-electron chi connectivity index (χ0n) is 9.45. The molecule has 0 spiro atoms. The standard InChI is InChI=1S/C14H14BrNO/c15-10-14(17)16-9-8-12-6-3-5-11-4-1-2-7-13(11)12/h1-7H,8-10H2,(H,16,17). The number of benzene rings is 2. The van der Waals surface area contributed by atoms with E-state index < -0.39 is 0 Å². The molecule has 0 radical (unpaired) electrons. The van der Waals surface area contributed by atoms with Crippen LogP contribution in [0.15, 0.2) is 42.5 Å². The molecule has 0 aliphatic rings. The van der Waals surface area contributed by atoms with Gasteiger partial charge in [0, 0.05) is 6.54 Å². The summed E-state index contributed by atoms with van der Waals surface area (Å²) in [5.74, 6) is 0.0326. The van der Waals surface area contributed by atoms with Gasteiger partial charge in [0.2, 0.25) is 5.91 Å². The highest BCUT2D eigenvalue weighted by Gasteiger charge is 2.01. The summed E-state index contributed by atoms with van der Waals surface area (Å²) in [6.45, 7) is 0.679. The average molecular weight is 292 g/mol. The van der Waals surface area contributed by atoms with Gasteiger partial charge in [0.15, 0.2) is 0 Å². The Kier molecular flexibility index (Phi) is 4.15. The molecule has 0 atom stereocenters. The largest absolute Gasteiger partial charge is 0.355 e. The van der Waals surface area contributed by atoms with Crippen LogP contribution in [-0.4, -0.2) is 17.8 Å². The van der Waals surface area contributed by atoms with Gasteiger partial charge in [-0.3, -0.25) is 4.79 Å². The van der Waals surface area contributed by atoms with Crippen LogP contribution in [0.25, 0.3) is 10.8 Å². The van der Waals surface area contributed by atoms with Gasteiger partial charge in [-0.05, 0) is 22.8 Å². The van der Waals surface area contributed by atoms with Gasteiger partial charge in [0.25, 0.3) is 0 Å². The highest BCUT2D eigenvalue weighted by Crippen LogP contribution is 2.18. The summed E-state index contributed by atoms with van der Waals surface area (Å²) in [6, 6.07) is 14.6. The molecule has 2 nitrogen and oxygen atoms in total.